The molecule has 3 nitrogen and oxygen atoms in total. The number of rotatable bonds is 7. The van der Waals surface area contributed by atoms with E-state index in [-0.39, 0.29) is 11.8 Å². The third kappa shape index (κ3) is 3.24. The van der Waals surface area contributed by atoms with Gasteiger partial charge < -0.3 is 10.1 Å². The number of fused-ring (bicyclic) bond motifs is 1. The summed E-state index contributed by atoms with van der Waals surface area (Å²) >= 11 is 5.49. The Bertz CT molecular complexity index is 409. The summed E-state index contributed by atoms with van der Waals surface area (Å²) in [5.74, 6) is 0.696. The summed E-state index contributed by atoms with van der Waals surface area (Å²) in [5, 5.41) is 2.95. The van der Waals surface area contributed by atoms with E-state index >= 15 is 0 Å². The predicted octanol–water partition coefficient (Wildman–Crippen LogP) is 2.09. The molecule has 1 aliphatic rings. The molecule has 1 aliphatic carbocycles. The lowest BCUT2D eigenvalue weighted by Gasteiger charge is -2.28. The Morgan fingerprint density at radius 3 is 3.00 bits per heavy atom. The Morgan fingerprint density at radius 1 is 1.39 bits per heavy atom. The van der Waals surface area contributed by atoms with Gasteiger partial charge in [0.05, 0.1) is 12.5 Å². The van der Waals surface area contributed by atoms with E-state index < -0.39 is 0 Å². The number of hydrogen-bond donors (Lipinski definition) is 1. The highest BCUT2D eigenvalue weighted by molar-refractivity contribution is 6.17. The van der Waals surface area contributed by atoms with Crippen LogP contribution in [0.3, 0.4) is 0 Å². The first-order chi connectivity index (χ1) is 8.83. The molecule has 1 aromatic rings. The van der Waals surface area contributed by atoms with Crippen LogP contribution in [0.15, 0.2) is 24.3 Å². The molecule has 98 valence electrons. The van der Waals surface area contributed by atoms with E-state index in [0.717, 1.165) is 12.8 Å². The van der Waals surface area contributed by atoms with E-state index in [4.69, 9.17) is 16.3 Å². The van der Waals surface area contributed by atoms with Crippen LogP contribution in [0.25, 0.3) is 0 Å². The summed E-state index contributed by atoms with van der Waals surface area (Å²) in [6.07, 6.45) is 1.70. The molecule has 0 radical (unpaired) electrons. The largest absolute Gasteiger partial charge is 0.380 e. The Balaban J connectivity index is 1.65. The van der Waals surface area contributed by atoms with Crippen molar-refractivity contribution in [3.8, 4) is 0 Å². The minimum Gasteiger partial charge on any atom is -0.380 e. The Hall–Kier alpha value is -1.06. The quantitative estimate of drug-likeness (QED) is 0.607. The highest BCUT2D eigenvalue weighted by atomic mass is 35.5. The molecule has 2 rings (SSSR count). The van der Waals surface area contributed by atoms with E-state index in [0.29, 0.717) is 25.6 Å². The van der Waals surface area contributed by atoms with Crippen molar-refractivity contribution < 1.29 is 9.53 Å². The molecule has 0 saturated heterocycles. The molecule has 1 atom stereocenters. The minimum absolute atomic E-state index is 0.0463. The average molecular weight is 268 g/mol. The second kappa shape index (κ2) is 6.76. The number of ether oxygens (including phenoxy) is 1. The number of alkyl halides is 1. The lowest BCUT2D eigenvalue weighted by Crippen LogP contribution is -2.36. The van der Waals surface area contributed by atoms with Gasteiger partial charge in [0.25, 0.3) is 0 Å². The number of hydrogen-bond acceptors (Lipinski definition) is 2. The molecule has 18 heavy (non-hydrogen) atoms. The van der Waals surface area contributed by atoms with Crippen molar-refractivity contribution >= 4 is 17.5 Å². The molecular weight excluding hydrogens is 250 g/mol. The summed E-state index contributed by atoms with van der Waals surface area (Å²) in [5.41, 5.74) is 2.47. The van der Waals surface area contributed by atoms with E-state index in [1.54, 1.807) is 0 Å². The van der Waals surface area contributed by atoms with Gasteiger partial charge >= 0.3 is 0 Å². The second-order valence-corrected chi connectivity index (χ2v) is 4.78. The van der Waals surface area contributed by atoms with E-state index in [1.807, 2.05) is 18.2 Å². The highest BCUT2D eigenvalue weighted by Gasteiger charge is 2.31. The molecule has 4 heteroatoms. The molecule has 0 fully saturated rings. The van der Waals surface area contributed by atoms with Crippen LogP contribution in [0.2, 0.25) is 0 Å². The number of nitrogens with one attached hydrogen (secondary N) is 1. The topological polar surface area (TPSA) is 38.3 Å². The van der Waals surface area contributed by atoms with Gasteiger partial charge in [0.15, 0.2) is 0 Å². The van der Waals surface area contributed by atoms with Crippen LogP contribution in [0.1, 0.15) is 23.5 Å². The van der Waals surface area contributed by atoms with Crippen LogP contribution in [0.4, 0.5) is 0 Å². The standard InChI is InChI=1S/C14H18ClNO2/c15-6-9-18-8-3-7-16-14(17)13-10-11-4-1-2-5-12(11)13/h1-2,4-5,13H,3,6-10H2,(H,16,17). The molecule has 1 amide bonds. The van der Waals surface area contributed by atoms with Crippen molar-refractivity contribution in [1.82, 2.24) is 5.32 Å². The Morgan fingerprint density at radius 2 is 2.22 bits per heavy atom. The van der Waals surface area contributed by atoms with Gasteiger partial charge in [0.1, 0.15) is 0 Å². The molecule has 0 spiro atoms. The summed E-state index contributed by atoms with van der Waals surface area (Å²) in [4.78, 5) is 11.9. The lowest BCUT2D eigenvalue weighted by atomic mass is 9.77. The average Bonchev–Trinajstić information content (AvgIpc) is 2.35. The second-order valence-electron chi connectivity index (χ2n) is 4.40. The van der Waals surface area contributed by atoms with Crippen molar-refractivity contribution in [1.29, 1.82) is 0 Å². The molecular formula is C14H18ClNO2. The minimum atomic E-state index is 0.0463. The van der Waals surface area contributed by atoms with Gasteiger partial charge in [0.2, 0.25) is 5.91 Å². The number of amides is 1. The molecule has 1 aromatic carbocycles. The fraction of sp³-hybridized carbons (Fsp3) is 0.500. The van der Waals surface area contributed by atoms with Gasteiger partial charge in [-0.05, 0) is 24.0 Å². The summed E-state index contributed by atoms with van der Waals surface area (Å²) in [7, 11) is 0. The first-order valence-corrected chi connectivity index (χ1v) is 6.85. The number of carbonyl (C=O) groups is 1. The van der Waals surface area contributed by atoms with Crippen molar-refractivity contribution in [3.63, 3.8) is 0 Å². The number of halogens is 1. The summed E-state index contributed by atoms with van der Waals surface area (Å²) < 4.78 is 5.24. The molecule has 0 heterocycles. The van der Waals surface area contributed by atoms with Crippen molar-refractivity contribution in [3.05, 3.63) is 35.4 Å². The van der Waals surface area contributed by atoms with Crippen LogP contribution in [-0.4, -0.2) is 31.5 Å². The van der Waals surface area contributed by atoms with Crippen LogP contribution in [-0.2, 0) is 16.0 Å². The maximum atomic E-state index is 11.9. The Labute approximate surface area is 112 Å². The zero-order valence-electron chi connectivity index (χ0n) is 10.3. The van der Waals surface area contributed by atoms with E-state index in [1.165, 1.54) is 11.1 Å². The number of carbonyl (C=O) groups excluding carboxylic acids is 1. The number of benzene rings is 1. The van der Waals surface area contributed by atoms with Crippen LogP contribution < -0.4 is 5.32 Å². The maximum Gasteiger partial charge on any atom is 0.227 e. The van der Waals surface area contributed by atoms with E-state index in [2.05, 4.69) is 11.4 Å². The van der Waals surface area contributed by atoms with Crippen molar-refractivity contribution in [2.75, 3.05) is 25.6 Å². The molecule has 0 bridgehead atoms. The van der Waals surface area contributed by atoms with Crippen molar-refractivity contribution in [2.45, 2.75) is 18.8 Å². The van der Waals surface area contributed by atoms with Gasteiger partial charge in [-0.3, -0.25) is 4.79 Å². The van der Waals surface area contributed by atoms with Gasteiger partial charge in [0, 0.05) is 19.0 Å². The fourth-order valence-electron chi connectivity index (χ4n) is 2.16. The smallest absolute Gasteiger partial charge is 0.227 e. The fourth-order valence-corrected chi connectivity index (χ4v) is 2.27. The van der Waals surface area contributed by atoms with Crippen LogP contribution in [0.5, 0.6) is 0 Å². The van der Waals surface area contributed by atoms with Crippen LogP contribution in [0, 0.1) is 0 Å². The van der Waals surface area contributed by atoms with E-state index in [9.17, 15) is 4.79 Å². The zero-order valence-corrected chi connectivity index (χ0v) is 11.1. The third-order valence-electron chi connectivity index (χ3n) is 3.16. The third-order valence-corrected chi connectivity index (χ3v) is 3.31. The predicted molar refractivity (Wildman–Crippen MR) is 72.1 cm³/mol. The first kappa shape index (κ1) is 13.4. The molecule has 0 aliphatic heterocycles. The zero-order chi connectivity index (χ0) is 12.8. The normalized spacial score (nSPS) is 16.8. The molecule has 1 unspecified atom stereocenters. The first-order valence-electron chi connectivity index (χ1n) is 6.32. The monoisotopic (exact) mass is 267 g/mol. The lowest BCUT2D eigenvalue weighted by molar-refractivity contribution is -0.123. The van der Waals surface area contributed by atoms with Gasteiger partial charge in [-0.2, -0.15) is 0 Å². The highest BCUT2D eigenvalue weighted by Crippen LogP contribution is 2.34. The van der Waals surface area contributed by atoms with Gasteiger partial charge in [-0.15, -0.1) is 11.6 Å². The Kier molecular flexibility index (Phi) is 5.02. The summed E-state index contributed by atoms with van der Waals surface area (Å²) in [6, 6.07) is 8.12. The van der Waals surface area contributed by atoms with Crippen molar-refractivity contribution in [2.24, 2.45) is 0 Å². The molecule has 0 saturated carbocycles. The van der Waals surface area contributed by atoms with Gasteiger partial charge in [-0.1, -0.05) is 24.3 Å². The SMILES string of the molecule is O=C(NCCCOCCCl)C1Cc2ccccc21. The molecule has 0 aromatic heterocycles. The van der Waals surface area contributed by atoms with Gasteiger partial charge in [-0.25, -0.2) is 0 Å². The molecule has 1 N–H and O–H groups in total. The van der Waals surface area contributed by atoms with Crippen LogP contribution >= 0.6 is 11.6 Å². The maximum absolute atomic E-state index is 11.9. The summed E-state index contributed by atoms with van der Waals surface area (Å²) in [6.45, 7) is 1.89.